The Balaban J connectivity index is 2.10. The number of hydrogen-bond donors (Lipinski definition) is 1. The van der Waals surface area contributed by atoms with E-state index in [1.807, 2.05) is 37.4 Å². The lowest BCUT2D eigenvalue weighted by Crippen LogP contribution is -2.08. The molecule has 2 rings (SSSR count). The first kappa shape index (κ1) is 7.77. The monoisotopic (exact) mass is 163 g/mol. The minimum absolute atomic E-state index is 0.309. The Labute approximate surface area is 72.4 Å². The van der Waals surface area contributed by atoms with Crippen LogP contribution in [0.3, 0.4) is 0 Å². The number of nitrogens with zero attached hydrogens (tertiary/aromatic N) is 1. The molecule has 1 aliphatic rings. The van der Waals surface area contributed by atoms with Crippen LogP contribution in [0.4, 0.5) is 0 Å². The van der Waals surface area contributed by atoms with Crippen LogP contribution >= 0.6 is 0 Å². The minimum atomic E-state index is -0.309. The summed E-state index contributed by atoms with van der Waals surface area (Å²) in [6.07, 6.45) is -0.309. The van der Waals surface area contributed by atoms with E-state index in [0.717, 1.165) is 12.1 Å². The Morgan fingerprint density at radius 3 is 2.50 bits per heavy atom. The first-order valence-corrected chi connectivity index (χ1v) is 4.22. The van der Waals surface area contributed by atoms with Gasteiger partial charge in [-0.3, -0.25) is 4.90 Å². The van der Waals surface area contributed by atoms with Gasteiger partial charge in [0.05, 0.1) is 12.1 Å². The van der Waals surface area contributed by atoms with Crippen molar-refractivity contribution in [2.45, 2.75) is 12.1 Å². The second-order valence-corrected chi connectivity index (χ2v) is 3.36. The summed E-state index contributed by atoms with van der Waals surface area (Å²) in [4.78, 5) is 2.14. The van der Waals surface area contributed by atoms with Crippen LogP contribution in [0.1, 0.15) is 11.7 Å². The highest BCUT2D eigenvalue weighted by atomic mass is 16.3. The standard InChI is InChI=1S/C10H13NO/c1-11-7-9(11)10(12)8-5-3-2-4-6-8/h2-6,9-10,12H,7H2,1H3/t9-,10+,11?/m0/s1. The van der Waals surface area contributed by atoms with Crippen LogP contribution in [0.15, 0.2) is 30.3 Å². The predicted molar refractivity (Wildman–Crippen MR) is 47.8 cm³/mol. The molecule has 0 amide bonds. The number of benzene rings is 1. The molecule has 0 radical (unpaired) electrons. The van der Waals surface area contributed by atoms with Crippen molar-refractivity contribution in [3.05, 3.63) is 35.9 Å². The molecule has 1 unspecified atom stereocenters. The fraction of sp³-hybridized carbons (Fsp3) is 0.400. The highest BCUT2D eigenvalue weighted by Gasteiger charge is 2.36. The first-order valence-electron chi connectivity index (χ1n) is 4.22. The second-order valence-electron chi connectivity index (χ2n) is 3.36. The van der Waals surface area contributed by atoms with Crippen molar-refractivity contribution in [1.29, 1.82) is 0 Å². The fourth-order valence-corrected chi connectivity index (χ4v) is 1.46. The Hall–Kier alpha value is -0.860. The van der Waals surface area contributed by atoms with E-state index in [0.29, 0.717) is 6.04 Å². The van der Waals surface area contributed by atoms with Crippen LogP contribution in [0.25, 0.3) is 0 Å². The molecule has 1 aromatic rings. The molecule has 0 bridgehead atoms. The highest BCUT2D eigenvalue weighted by molar-refractivity contribution is 5.20. The van der Waals surface area contributed by atoms with Gasteiger partial charge in [-0.15, -0.1) is 0 Å². The summed E-state index contributed by atoms with van der Waals surface area (Å²) in [5, 5.41) is 9.79. The molecular formula is C10H13NO. The minimum Gasteiger partial charge on any atom is -0.387 e. The van der Waals surface area contributed by atoms with Crippen LogP contribution in [0, 0.1) is 0 Å². The zero-order chi connectivity index (χ0) is 8.55. The quantitative estimate of drug-likeness (QED) is 0.658. The van der Waals surface area contributed by atoms with Gasteiger partial charge in [-0.1, -0.05) is 30.3 Å². The van der Waals surface area contributed by atoms with Crippen LogP contribution in [0.2, 0.25) is 0 Å². The van der Waals surface area contributed by atoms with Crippen LogP contribution < -0.4 is 0 Å². The van der Waals surface area contributed by atoms with E-state index < -0.39 is 0 Å². The van der Waals surface area contributed by atoms with Crippen LogP contribution in [-0.2, 0) is 0 Å². The Morgan fingerprint density at radius 2 is 2.00 bits per heavy atom. The van der Waals surface area contributed by atoms with Gasteiger partial charge in [-0.25, -0.2) is 0 Å². The second kappa shape index (κ2) is 2.88. The molecule has 1 saturated heterocycles. The molecule has 0 saturated carbocycles. The normalized spacial score (nSPS) is 29.8. The van der Waals surface area contributed by atoms with E-state index in [4.69, 9.17) is 0 Å². The fourth-order valence-electron chi connectivity index (χ4n) is 1.46. The first-order chi connectivity index (χ1) is 5.79. The Kier molecular flexibility index (Phi) is 1.87. The van der Waals surface area contributed by atoms with Crippen molar-refractivity contribution < 1.29 is 5.11 Å². The van der Waals surface area contributed by atoms with Gasteiger partial charge in [0.2, 0.25) is 0 Å². The van der Waals surface area contributed by atoms with Crippen molar-refractivity contribution in [3.8, 4) is 0 Å². The zero-order valence-electron chi connectivity index (χ0n) is 7.14. The molecule has 2 heteroatoms. The van der Waals surface area contributed by atoms with Gasteiger partial charge in [-0.05, 0) is 12.6 Å². The Morgan fingerprint density at radius 1 is 1.42 bits per heavy atom. The average Bonchev–Trinajstić information content (AvgIpc) is 2.83. The number of aliphatic hydroxyl groups is 1. The molecule has 1 aromatic carbocycles. The van der Waals surface area contributed by atoms with Gasteiger partial charge in [0, 0.05) is 6.54 Å². The molecule has 0 aromatic heterocycles. The van der Waals surface area contributed by atoms with E-state index in [-0.39, 0.29) is 6.10 Å². The van der Waals surface area contributed by atoms with E-state index in [9.17, 15) is 5.11 Å². The summed E-state index contributed by atoms with van der Waals surface area (Å²) in [6.45, 7) is 1.01. The molecule has 64 valence electrons. The molecule has 1 aliphatic heterocycles. The van der Waals surface area contributed by atoms with E-state index in [2.05, 4.69) is 4.90 Å². The zero-order valence-corrected chi connectivity index (χ0v) is 7.14. The summed E-state index contributed by atoms with van der Waals surface area (Å²) in [6, 6.07) is 10.2. The molecule has 12 heavy (non-hydrogen) atoms. The SMILES string of the molecule is CN1C[C@H]1[C@H](O)c1ccccc1. The number of hydrogen-bond acceptors (Lipinski definition) is 2. The molecule has 1 fully saturated rings. The molecule has 1 N–H and O–H groups in total. The topological polar surface area (TPSA) is 23.2 Å². The lowest BCUT2D eigenvalue weighted by Gasteiger charge is -2.08. The van der Waals surface area contributed by atoms with Crippen molar-refractivity contribution >= 4 is 0 Å². The number of aliphatic hydroxyl groups excluding tert-OH is 1. The van der Waals surface area contributed by atoms with Crippen LogP contribution in [-0.4, -0.2) is 29.6 Å². The number of rotatable bonds is 2. The van der Waals surface area contributed by atoms with Gasteiger partial charge in [0.1, 0.15) is 0 Å². The summed E-state index contributed by atoms with van der Waals surface area (Å²) in [5.74, 6) is 0. The van der Waals surface area contributed by atoms with Gasteiger partial charge < -0.3 is 5.11 Å². The largest absolute Gasteiger partial charge is 0.387 e. The molecule has 0 spiro atoms. The number of likely N-dealkylation sites (N-methyl/N-ethyl adjacent to an activating group) is 1. The van der Waals surface area contributed by atoms with Gasteiger partial charge in [0.25, 0.3) is 0 Å². The lowest BCUT2D eigenvalue weighted by molar-refractivity contribution is 0.162. The summed E-state index contributed by atoms with van der Waals surface area (Å²) in [7, 11) is 2.02. The van der Waals surface area contributed by atoms with Crippen LogP contribution in [0.5, 0.6) is 0 Å². The van der Waals surface area contributed by atoms with Gasteiger partial charge >= 0.3 is 0 Å². The highest BCUT2D eigenvalue weighted by Crippen LogP contribution is 2.28. The van der Waals surface area contributed by atoms with Crippen molar-refractivity contribution in [2.24, 2.45) is 0 Å². The molecule has 3 atom stereocenters. The maximum absolute atomic E-state index is 9.79. The maximum atomic E-state index is 9.79. The smallest absolute Gasteiger partial charge is 0.0957 e. The van der Waals surface area contributed by atoms with Crippen molar-refractivity contribution in [2.75, 3.05) is 13.6 Å². The molecular weight excluding hydrogens is 150 g/mol. The van der Waals surface area contributed by atoms with E-state index >= 15 is 0 Å². The average molecular weight is 163 g/mol. The summed E-state index contributed by atoms with van der Waals surface area (Å²) >= 11 is 0. The lowest BCUT2D eigenvalue weighted by atomic mass is 10.1. The summed E-state index contributed by atoms with van der Waals surface area (Å²) < 4.78 is 0. The van der Waals surface area contributed by atoms with E-state index in [1.165, 1.54) is 0 Å². The van der Waals surface area contributed by atoms with Crippen molar-refractivity contribution in [1.82, 2.24) is 4.90 Å². The predicted octanol–water partition coefficient (Wildman–Crippen LogP) is 1.03. The summed E-state index contributed by atoms with van der Waals surface area (Å²) in [5.41, 5.74) is 1.02. The van der Waals surface area contributed by atoms with E-state index in [1.54, 1.807) is 0 Å². The third-order valence-electron chi connectivity index (χ3n) is 2.41. The van der Waals surface area contributed by atoms with Gasteiger partial charge in [-0.2, -0.15) is 0 Å². The molecule has 1 heterocycles. The van der Waals surface area contributed by atoms with Crippen molar-refractivity contribution in [3.63, 3.8) is 0 Å². The maximum Gasteiger partial charge on any atom is 0.0957 e. The Bertz CT molecular complexity index is 260. The molecule has 2 nitrogen and oxygen atoms in total. The third kappa shape index (κ3) is 1.36. The third-order valence-corrected chi connectivity index (χ3v) is 2.41. The molecule has 0 aliphatic carbocycles. The van der Waals surface area contributed by atoms with Gasteiger partial charge in [0.15, 0.2) is 0 Å².